The van der Waals surface area contributed by atoms with Gasteiger partial charge in [0.15, 0.2) is 5.78 Å². The Kier molecular flexibility index (Phi) is 4.25. The Morgan fingerprint density at radius 3 is 2.52 bits per heavy atom. The van der Waals surface area contributed by atoms with Gasteiger partial charge in [0.05, 0.1) is 17.6 Å². The van der Waals surface area contributed by atoms with Crippen LogP contribution >= 0.6 is 0 Å². The van der Waals surface area contributed by atoms with E-state index in [0.29, 0.717) is 35.4 Å². The number of fused-ring (bicyclic) bond motifs is 1. The molecule has 0 amide bonds. The van der Waals surface area contributed by atoms with E-state index in [1.54, 1.807) is 12.1 Å². The summed E-state index contributed by atoms with van der Waals surface area (Å²) in [6.07, 6.45) is 0.974. The zero-order valence-corrected chi connectivity index (χ0v) is 16.2. The second-order valence-electron chi connectivity index (χ2n) is 8.08. The van der Waals surface area contributed by atoms with Gasteiger partial charge in [-0.1, -0.05) is 26.0 Å². The number of allylic oxidation sites excluding steroid dienone is 2. The number of non-ortho nitro benzene ring substituents is 1. The highest BCUT2D eigenvalue weighted by atomic mass is 16.6. The number of anilines is 1. The molecule has 0 saturated carbocycles. The molecule has 0 radical (unpaired) electrons. The van der Waals surface area contributed by atoms with Crippen molar-refractivity contribution < 1.29 is 14.5 Å². The van der Waals surface area contributed by atoms with Crippen molar-refractivity contribution >= 4 is 17.3 Å². The molecule has 150 valence electrons. The molecule has 0 fully saturated rings. The Labute approximate surface area is 166 Å². The quantitative estimate of drug-likeness (QED) is 0.603. The second-order valence-corrected chi connectivity index (χ2v) is 8.08. The number of nitro groups is 1. The molecule has 0 bridgehead atoms. The van der Waals surface area contributed by atoms with Crippen LogP contribution in [0.1, 0.15) is 43.7 Å². The lowest BCUT2D eigenvalue weighted by atomic mass is 9.69. The van der Waals surface area contributed by atoms with Crippen LogP contribution in [0.2, 0.25) is 0 Å². The zero-order chi connectivity index (χ0) is 20.9. The minimum absolute atomic E-state index is 0.0482. The minimum Gasteiger partial charge on any atom is -0.468 e. The number of benzene rings is 1. The molecule has 1 atom stereocenters. The number of H-pyrrole nitrogens is 1. The fraction of sp³-hybridized carbons (Fsp3) is 0.350. The number of methoxy groups -OCH3 is 1. The van der Waals surface area contributed by atoms with Gasteiger partial charge in [0.1, 0.15) is 5.82 Å². The highest BCUT2D eigenvalue weighted by molar-refractivity contribution is 6.01. The first-order valence-electron chi connectivity index (χ1n) is 9.16. The lowest BCUT2D eigenvalue weighted by Gasteiger charge is -2.38. The molecule has 29 heavy (non-hydrogen) atoms. The lowest BCUT2D eigenvalue weighted by Crippen LogP contribution is -2.36. The van der Waals surface area contributed by atoms with Crippen molar-refractivity contribution in [3.05, 3.63) is 67.1 Å². The standard InChI is InChI=1S/C20H20N4O5/c1-20(2)8-12-15(13(25)9-20)14(10-4-6-11(7-5-10)24(27)28)16-17(21-12)22-19(29-3)23-18(16)26/h4-7,14H,8-9H2,1-3H3,(H2,21,22,23,26)/t14-/m1/s1. The monoisotopic (exact) mass is 396 g/mol. The minimum atomic E-state index is -0.659. The first-order valence-corrected chi connectivity index (χ1v) is 9.16. The maximum atomic E-state index is 13.1. The molecular weight excluding hydrogens is 376 g/mol. The summed E-state index contributed by atoms with van der Waals surface area (Å²) in [6, 6.07) is 5.98. The predicted octanol–water partition coefficient (Wildman–Crippen LogP) is 2.89. The molecular formula is C20H20N4O5. The average Bonchev–Trinajstić information content (AvgIpc) is 2.65. The number of ketones is 1. The van der Waals surface area contributed by atoms with E-state index < -0.39 is 16.4 Å². The molecule has 9 nitrogen and oxygen atoms in total. The van der Waals surface area contributed by atoms with Gasteiger partial charge in [-0.2, -0.15) is 4.98 Å². The summed E-state index contributed by atoms with van der Waals surface area (Å²) in [5.41, 5.74) is 1.45. The van der Waals surface area contributed by atoms with Crippen LogP contribution in [-0.2, 0) is 4.79 Å². The predicted molar refractivity (Wildman–Crippen MR) is 105 cm³/mol. The summed E-state index contributed by atoms with van der Waals surface area (Å²) in [7, 11) is 1.40. The van der Waals surface area contributed by atoms with Crippen LogP contribution < -0.4 is 15.6 Å². The largest absolute Gasteiger partial charge is 0.468 e. The summed E-state index contributed by atoms with van der Waals surface area (Å²) < 4.78 is 5.08. The van der Waals surface area contributed by atoms with Crippen molar-refractivity contribution in [2.45, 2.75) is 32.6 Å². The summed E-state index contributed by atoms with van der Waals surface area (Å²) in [5.74, 6) is -0.376. The maximum absolute atomic E-state index is 13.1. The van der Waals surface area contributed by atoms with Gasteiger partial charge >= 0.3 is 0 Å². The van der Waals surface area contributed by atoms with E-state index in [1.807, 2.05) is 13.8 Å². The van der Waals surface area contributed by atoms with Crippen molar-refractivity contribution in [3.8, 4) is 6.01 Å². The third-order valence-corrected chi connectivity index (χ3v) is 5.33. The van der Waals surface area contributed by atoms with E-state index >= 15 is 0 Å². The van der Waals surface area contributed by atoms with Gasteiger partial charge in [0.2, 0.25) is 0 Å². The fourth-order valence-corrected chi connectivity index (χ4v) is 4.11. The number of ether oxygens (including phenoxy) is 1. The van der Waals surface area contributed by atoms with Crippen molar-refractivity contribution in [2.24, 2.45) is 5.41 Å². The molecule has 1 aliphatic heterocycles. The zero-order valence-electron chi connectivity index (χ0n) is 16.2. The molecule has 0 saturated heterocycles. The Hall–Kier alpha value is -3.49. The number of carbonyl (C=O) groups is 1. The molecule has 2 aliphatic rings. The van der Waals surface area contributed by atoms with Crippen molar-refractivity contribution in [1.82, 2.24) is 9.97 Å². The van der Waals surface area contributed by atoms with Crippen LogP contribution in [0.25, 0.3) is 0 Å². The first kappa shape index (κ1) is 18.9. The third kappa shape index (κ3) is 3.18. The van der Waals surface area contributed by atoms with E-state index in [0.717, 1.165) is 5.70 Å². The SMILES string of the molecule is COc1nc2c(c(=O)[nH]1)[C@H](c1ccc([N+](=O)[O-])cc1)C1=C(CC(C)(C)CC1=O)N2. The van der Waals surface area contributed by atoms with Gasteiger partial charge in [-0.05, 0) is 17.4 Å². The topological polar surface area (TPSA) is 127 Å². The molecule has 2 N–H and O–H groups in total. The van der Waals surface area contributed by atoms with Gasteiger partial charge in [0, 0.05) is 35.7 Å². The van der Waals surface area contributed by atoms with E-state index in [1.165, 1.54) is 19.2 Å². The number of rotatable bonds is 3. The third-order valence-electron chi connectivity index (χ3n) is 5.33. The van der Waals surface area contributed by atoms with Crippen molar-refractivity contribution in [1.29, 1.82) is 0 Å². The van der Waals surface area contributed by atoms with Gasteiger partial charge in [0.25, 0.3) is 17.3 Å². The summed E-state index contributed by atoms with van der Waals surface area (Å²) in [4.78, 5) is 43.4. The molecule has 1 aromatic heterocycles. The smallest absolute Gasteiger partial charge is 0.298 e. The Morgan fingerprint density at radius 2 is 1.90 bits per heavy atom. The Bertz CT molecular complexity index is 1110. The van der Waals surface area contributed by atoms with Gasteiger partial charge in [-0.3, -0.25) is 24.7 Å². The van der Waals surface area contributed by atoms with Crippen molar-refractivity contribution in [2.75, 3.05) is 12.4 Å². The lowest BCUT2D eigenvalue weighted by molar-refractivity contribution is -0.384. The number of nitrogens with zero attached hydrogens (tertiary/aromatic N) is 2. The number of carbonyl (C=O) groups excluding carboxylic acids is 1. The van der Waals surface area contributed by atoms with Crippen LogP contribution in [0.15, 0.2) is 40.3 Å². The molecule has 4 rings (SSSR count). The van der Waals surface area contributed by atoms with Crippen LogP contribution in [0.3, 0.4) is 0 Å². The van der Waals surface area contributed by atoms with E-state index in [2.05, 4.69) is 15.3 Å². The number of nitrogens with one attached hydrogen (secondary N) is 2. The Morgan fingerprint density at radius 1 is 1.21 bits per heavy atom. The molecule has 2 aromatic rings. The molecule has 0 unspecified atom stereocenters. The number of Topliss-reactive ketones (excluding diaryl/α,β-unsaturated/α-hetero) is 1. The number of hydrogen-bond donors (Lipinski definition) is 2. The number of nitro benzene ring substituents is 1. The highest BCUT2D eigenvalue weighted by Crippen LogP contribution is 2.47. The first-order chi connectivity index (χ1) is 13.7. The molecule has 1 aromatic carbocycles. The Balaban J connectivity index is 1.95. The van der Waals surface area contributed by atoms with E-state index in [9.17, 15) is 19.7 Å². The average molecular weight is 396 g/mol. The van der Waals surface area contributed by atoms with Crippen LogP contribution in [0, 0.1) is 15.5 Å². The van der Waals surface area contributed by atoms with Gasteiger partial charge < -0.3 is 10.1 Å². The van der Waals surface area contributed by atoms with Crippen LogP contribution in [-0.4, -0.2) is 27.8 Å². The number of aromatic amines is 1. The summed E-state index contributed by atoms with van der Waals surface area (Å²) in [5, 5.41) is 14.2. The van der Waals surface area contributed by atoms with Gasteiger partial charge in [-0.15, -0.1) is 0 Å². The van der Waals surface area contributed by atoms with E-state index in [4.69, 9.17) is 4.74 Å². The van der Waals surface area contributed by atoms with Crippen molar-refractivity contribution in [3.63, 3.8) is 0 Å². The second kappa shape index (κ2) is 6.54. The van der Waals surface area contributed by atoms with Gasteiger partial charge in [-0.25, -0.2) is 0 Å². The molecule has 2 heterocycles. The molecule has 9 heteroatoms. The fourth-order valence-electron chi connectivity index (χ4n) is 4.11. The maximum Gasteiger partial charge on any atom is 0.298 e. The summed E-state index contributed by atoms with van der Waals surface area (Å²) >= 11 is 0. The number of aromatic nitrogens is 2. The van der Waals surface area contributed by atoms with Crippen LogP contribution in [0.4, 0.5) is 11.5 Å². The molecule has 0 spiro atoms. The molecule has 1 aliphatic carbocycles. The normalized spacial score (nSPS) is 19.8. The van der Waals surface area contributed by atoms with E-state index in [-0.39, 0.29) is 22.9 Å². The highest BCUT2D eigenvalue weighted by Gasteiger charge is 2.42. The number of hydrogen-bond acceptors (Lipinski definition) is 7. The van der Waals surface area contributed by atoms with Crippen LogP contribution in [0.5, 0.6) is 6.01 Å². The summed E-state index contributed by atoms with van der Waals surface area (Å²) in [6.45, 7) is 4.02.